The maximum atomic E-state index is 12.3. The van der Waals surface area contributed by atoms with Crippen molar-refractivity contribution < 1.29 is 9.32 Å². The molecule has 0 saturated carbocycles. The highest BCUT2D eigenvalue weighted by atomic mass is 79.9. The van der Waals surface area contributed by atoms with Gasteiger partial charge in [0.2, 0.25) is 5.76 Å². The first-order valence-corrected chi connectivity index (χ1v) is 8.01. The Kier molecular flexibility index (Phi) is 4.57. The summed E-state index contributed by atoms with van der Waals surface area (Å²) in [5.41, 5.74) is 2.57. The van der Waals surface area contributed by atoms with Gasteiger partial charge in [0.1, 0.15) is 5.69 Å². The standard InChI is InChI=1S/C18H15BrN2O2/c1-12(14-8-5-9-15(19)10-14)20-18(22)17-11-16(21-23-17)13-6-3-2-4-7-13/h2-12H,1H3,(H,20,22). The van der Waals surface area contributed by atoms with Crippen molar-refractivity contribution in [1.29, 1.82) is 0 Å². The summed E-state index contributed by atoms with van der Waals surface area (Å²) in [6.07, 6.45) is 0. The number of hydrogen-bond donors (Lipinski definition) is 1. The molecule has 2 aromatic carbocycles. The molecule has 0 bridgehead atoms. The summed E-state index contributed by atoms with van der Waals surface area (Å²) in [4.78, 5) is 12.3. The van der Waals surface area contributed by atoms with E-state index in [0.717, 1.165) is 15.6 Å². The maximum absolute atomic E-state index is 12.3. The summed E-state index contributed by atoms with van der Waals surface area (Å²) in [6.45, 7) is 1.92. The first-order chi connectivity index (χ1) is 11.1. The lowest BCUT2D eigenvalue weighted by Gasteiger charge is -2.13. The van der Waals surface area contributed by atoms with Crippen LogP contribution in [0.4, 0.5) is 0 Å². The summed E-state index contributed by atoms with van der Waals surface area (Å²) in [7, 11) is 0. The minimum Gasteiger partial charge on any atom is -0.350 e. The van der Waals surface area contributed by atoms with Gasteiger partial charge in [0.25, 0.3) is 5.91 Å². The molecule has 4 nitrogen and oxygen atoms in total. The Morgan fingerprint density at radius 2 is 1.91 bits per heavy atom. The highest BCUT2D eigenvalue weighted by Crippen LogP contribution is 2.20. The molecule has 0 aliphatic heterocycles. The van der Waals surface area contributed by atoms with Gasteiger partial charge in [0, 0.05) is 16.1 Å². The van der Waals surface area contributed by atoms with Crippen molar-refractivity contribution in [3.05, 3.63) is 76.5 Å². The smallest absolute Gasteiger partial charge is 0.290 e. The van der Waals surface area contributed by atoms with Gasteiger partial charge in [-0.05, 0) is 24.6 Å². The van der Waals surface area contributed by atoms with E-state index in [9.17, 15) is 4.79 Å². The summed E-state index contributed by atoms with van der Waals surface area (Å²) in [5, 5.41) is 6.87. The van der Waals surface area contributed by atoms with E-state index in [1.807, 2.05) is 61.5 Å². The zero-order valence-electron chi connectivity index (χ0n) is 12.5. The molecule has 0 aliphatic carbocycles. The number of carbonyl (C=O) groups excluding carboxylic acids is 1. The van der Waals surface area contributed by atoms with Crippen LogP contribution in [0.25, 0.3) is 11.3 Å². The minimum atomic E-state index is -0.285. The van der Waals surface area contributed by atoms with Gasteiger partial charge in [-0.2, -0.15) is 0 Å². The largest absolute Gasteiger partial charge is 0.350 e. The van der Waals surface area contributed by atoms with Gasteiger partial charge >= 0.3 is 0 Å². The monoisotopic (exact) mass is 370 g/mol. The summed E-state index contributed by atoms with van der Waals surface area (Å²) in [5.74, 6) is -0.0853. The van der Waals surface area contributed by atoms with Gasteiger partial charge in [-0.15, -0.1) is 0 Å². The molecule has 3 aromatic rings. The molecule has 1 heterocycles. The van der Waals surface area contributed by atoms with Crippen LogP contribution in [0, 0.1) is 0 Å². The fourth-order valence-corrected chi connectivity index (χ4v) is 2.67. The van der Waals surface area contributed by atoms with Gasteiger partial charge in [-0.25, -0.2) is 0 Å². The number of rotatable bonds is 4. The third kappa shape index (κ3) is 3.68. The van der Waals surface area contributed by atoms with E-state index in [1.54, 1.807) is 6.07 Å². The van der Waals surface area contributed by atoms with Crippen molar-refractivity contribution in [2.45, 2.75) is 13.0 Å². The summed E-state index contributed by atoms with van der Waals surface area (Å²) >= 11 is 3.43. The number of amides is 1. The van der Waals surface area contributed by atoms with Crippen LogP contribution < -0.4 is 5.32 Å². The lowest BCUT2D eigenvalue weighted by atomic mass is 10.1. The predicted octanol–water partition coefficient (Wildman–Crippen LogP) is 4.60. The van der Waals surface area contributed by atoms with E-state index in [4.69, 9.17) is 4.52 Å². The van der Waals surface area contributed by atoms with Crippen molar-refractivity contribution in [3.63, 3.8) is 0 Å². The zero-order chi connectivity index (χ0) is 16.2. The number of nitrogens with one attached hydrogen (secondary N) is 1. The Hall–Kier alpha value is -2.40. The quantitative estimate of drug-likeness (QED) is 0.730. The van der Waals surface area contributed by atoms with Crippen LogP contribution in [0.1, 0.15) is 29.1 Å². The highest BCUT2D eigenvalue weighted by Gasteiger charge is 2.17. The number of halogens is 1. The fourth-order valence-electron chi connectivity index (χ4n) is 2.25. The molecule has 1 amide bonds. The van der Waals surface area contributed by atoms with Crippen LogP contribution in [0.3, 0.4) is 0 Å². The highest BCUT2D eigenvalue weighted by molar-refractivity contribution is 9.10. The molecule has 1 atom stereocenters. The van der Waals surface area contributed by atoms with Crippen LogP contribution >= 0.6 is 15.9 Å². The molecule has 0 radical (unpaired) electrons. The molecule has 0 spiro atoms. The van der Waals surface area contributed by atoms with E-state index in [0.29, 0.717) is 5.69 Å². The van der Waals surface area contributed by atoms with E-state index in [2.05, 4.69) is 26.4 Å². The summed E-state index contributed by atoms with van der Waals surface area (Å²) < 4.78 is 6.14. The first-order valence-electron chi connectivity index (χ1n) is 7.22. The number of carbonyl (C=O) groups is 1. The lowest BCUT2D eigenvalue weighted by Crippen LogP contribution is -2.26. The lowest BCUT2D eigenvalue weighted by molar-refractivity contribution is 0.0902. The van der Waals surface area contributed by atoms with Crippen molar-refractivity contribution in [1.82, 2.24) is 10.5 Å². The van der Waals surface area contributed by atoms with E-state index >= 15 is 0 Å². The molecular formula is C18H15BrN2O2. The second kappa shape index (κ2) is 6.79. The maximum Gasteiger partial charge on any atom is 0.290 e. The van der Waals surface area contributed by atoms with Crippen LogP contribution in [0.5, 0.6) is 0 Å². The van der Waals surface area contributed by atoms with Gasteiger partial charge < -0.3 is 9.84 Å². The molecule has 1 unspecified atom stereocenters. The average Bonchev–Trinajstić information content (AvgIpc) is 3.06. The minimum absolute atomic E-state index is 0.134. The molecule has 0 aliphatic rings. The van der Waals surface area contributed by atoms with Gasteiger partial charge in [0.05, 0.1) is 6.04 Å². The second-order valence-electron chi connectivity index (χ2n) is 5.19. The first kappa shape index (κ1) is 15.5. The topological polar surface area (TPSA) is 55.1 Å². The van der Waals surface area contributed by atoms with Crippen molar-refractivity contribution in [2.75, 3.05) is 0 Å². The van der Waals surface area contributed by atoms with Crippen LogP contribution in [0.15, 0.2) is 69.7 Å². The van der Waals surface area contributed by atoms with E-state index in [1.165, 1.54) is 0 Å². The zero-order valence-corrected chi connectivity index (χ0v) is 14.1. The van der Waals surface area contributed by atoms with Gasteiger partial charge in [0.15, 0.2) is 0 Å². The van der Waals surface area contributed by atoms with Gasteiger partial charge in [-0.1, -0.05) is 63.6 Å². The van der Waals surface area contributed by atoms with Crippen LogP contribution in [-0.2, 0) is 0 Å². The number of benzene rings is 2. The fraction of sp³-hybridized carbons (Fsp3) is 0.111. The third-order valence-electron chi connectivity index (χ3n) is 3.50. The van der Waals surface area contributed by atoms with Crippen molar-refractivity contribution >= 4 is 21.8 Å². The van der Waals surface area contributed by atoms with Crippen molar-refractivity contribution in [2.24, 2.45) is 0 Å². The number of nitrogens with zero attached hydrogens (tertiary/aromatic N) is 1. The molecular weight excluding hydrogens is 356 g/mol. The average molecular weight is 371 g/mol. The van der Waals surface area contributed by atoms with Crippen LogP contribution in [-0.4, -0.2) is 11.1 Å². The summed E-state index contributed by atoms with van der Waals surface area (Å²) in [6, 6.07) is 18.9. The normalized spacial score (nSPS) is 11.9. The molecule has 23 heavy (non-hydrogen) atoms. The molecule has 0 fully saturated rings. The predicted molar refractivity (Wildman–Crippen MR) is 92.0 cm³/mol. The Balaban J connectivity index is 1.73. The Bertz CT molecular complexity index is 815. The molecule has 1 aromatic heterocycles. The van der Waals surface area contributed by atoms with E-state index in [-0.39, 0.29) is 17.7 Å². The third-order valence-corrected chi connectivity index (χ3v) is 3.99. The Labute approximate surface area is 142 Å². The SMILES string of the molecule is CC(NC(=O)c1cc(-c2ccccc2)no1)c1cccc(Br)c1. The van der Waals surface area contributed by atoms with Crippen LogP contribution in [0.2, 0.25) is 0 Å². The Morgan fingerprint density at radius 1 is 1.13 bits per heavy atom. The second-order valence-corrected chi connectivity index (χ2v) is 6.11. The Morgan fingerprint density at radius 3 is 2.65 bits per heavy atom. The number of hydrogen-bond acceptors (Lipinski definition) is 3. The van der Waals surface area contributed by atoms with Crippen molar-refractivity contribution in [3.8, 4) is 11.3 Å². The van der Waals surface area contributed by atoms with Gasteiger partial charge in [-0.3, -0.25) is 4.79 Å². The number of aromatic nitrogens is 1. The molecule has 5 heteroatoms. The molecule has 3 rings (SSSR count). The van der Waals surface area contributed by atoms with E-state index < -0.39 is 0 Å². The molecule has 116 valence electrons. The molecule has 1 N–H and O–H groups in total. The molecule has 0 saturated heterocycles.